The molecular formula is C21H22F2N4O2S. The summed E-state index contributed by atoms with van der Waals surface area (Å²) in [6.07, 6.45) is 2.03. The lowest BCUT2D eigenvalue weighted by Gasteiger charge is -2.14. The van der Waals surface area contributed by atoms with Crippen LogP contribution in [0.25, 0.3) is 0 Å². The summed E-state index contributed by atoms with van der Waals surface area (Å²) in [5.74, 6) is 0.00657. The van der Waals surface area contributed by atoms with E-state index in [9.17, 15) is 13.6 Å². The highest BCUT2D eigenvalue weighted by Crippen LogP contribution is 2.27. The Hall–Kier alpha value is -2.94. The van der Waals surface area contributed by atoms with E-state index in [4.69, 9.17) is 0 Å². The maximum absolute atomic E-state index is 12.8. The molecule has 1 N–H and O–H groups in total. The first-order valence-corrected chi connectivity index (χ1v) is 10.3. The van der Waals surface area contributed by atoms with Crippen molar-refractivity contribution in [2.45, 2.75) is 38.1 Å². The summed E-state index contributed by atoms with van der Waals surface area (Å²) in [4.78, 5) is 12.4. The Labute approximate surface area is 177 Å². The van der Waals surface area contributed by atoms with Crippen molar-refractivity contribution in [2.75, 3.05) is 11.1 Å². The molecule has 0 aliphatic carbocycles. The van der Waals surface area contributed by atoms with Crippen LogP contribution in [-0.4, -0.2) is 33.0 Å². The molecule has 3 rings (SSSR count). The summed E-state index contributed by atoms with van der Waals surface area (Å²) in [6.45, 7) is 1.09. The van der Waals surface area contributed by atoms with E-state index in [2.05, 4.69) is 20.3 Å². The van der Waals surface area contributed by atoms with Crippen LogP contribution >= 0.6 is 11.8 Å². The maximum atomic E-state index is 12.8. The Morgan fingerprint density at radius 2 is 1.97 bits per heavy atom. The number of amides is 1. The normalized spacial score (nSPS) is 11.1. The molecule has 1 heterocycles. The molecule has 0 radical (unpaired) electrons. The van der Waals surface area contributed by atoms with Crippen LogP contribution in [0.4, 0.5) is 14.5 Å². The van der Waals surface area contributed by atoms with Gasteiger partial charge in [0.15, 0.2) is 5.16 Å². The lowest BCUT2D eigenvalue weighted by atomic mass is 10.0. The van der Waals surface area contributed by atoms with Crippen LogP contribution < -0.4 is 10.1 Å². The van der Waals surface area contributed by atoms with E-state index in [0.717, 1.165) is 5.56 Å². The number of nitrogens with one attached hydrogen (secondary N) is 1. The summed E-state index contributed by atoms with van der Waals surface area (Å²) in [5.41, 5.74) is 2.02. The van der Waals surface area contributed by atoms with Crippen LogP contribution in [0.1, 0.15) is 31.0 Å². The minimum atomic E-state index is -2.92. The van der Waals surface area contributed by atoms with E-state index in [1.165, 1.54) is 17.8 Å². The van der Waals surface area contributed by atoms with Gasteiger partial charge in [-0.05, 0) is 37.6 Å². The molecule has 9 heteroatoms. The van der Waals surface area contributed by atoms with Crippen molar-refractivity contribution in [3.63, 3.8) is 0 Å². The lowest BCUT2D eigenvalue weighted by Crippen LogP contribution is -2.15. The van der Waals surface area contributed by atoms with E-state index in [1.807, 2.05) is 48.7 Å². The minimum absolute atomic E-state index is 0.0891. The molecule has 6 nitrogen and oxygen atoms in total. The maximum Gasteiger partial charge on any atom is 0.387 e. The van der Waals surface area contributed by atoms with Gasteiger partial charge in [0.1, 0.15) is 12.1 Å². The Kier molecular flexibility index (Phi) is 7.40. The number of carbonyl (C=O) groups is 1. The monoisotopic (exact) mass is 432 g/mol. The molecule has 30 heavy (non-hydrogen) atoms. The van der Waals surface area contributed by atoms with Gasteiger partial charge in [-0.25, -0.2) is 0 Å². The number of aromatic nitrogens is 3. The smallest absolute Gasteiger partial charge is 0.387 e. The SMILES string of the molecule is CC(C)n1cnnc1SCC(=O)Nc1ccc(OC(F)F)c(Cc2ccccc2)c1. The molecular weight excluding hydrogens is 410 g/mol. The Morgan fingerprint density at radius 3 is 2.67 bits per heavy atom. The second-order valence-electron chi connectivity index (χ2n) is 6.81. The summed E-state index contributed by atoms with van der Waals surface area (Å²) in [5, 5.41) is 11.4. The first-order chi connectivity index (χ1) is 14.4. The fourth-order valence-corrected chi connectivity index (χ4v) is 3.68. The number of rotatable bonds is 9. The van der Waals surface area contributed by atoms with Crippen molar-refractivity contribution in [1.29, 1.82) is 0 Å². The summed E-state index contributed by atoms with van der Waals surface area (Å²) in [6, 6.07) is 14.3. The number of halogens is 2. The fourth-order valence-electron chi connectivity index (χ4n) is 2.84. The molecule has 0 unspecified atom stereocenters. The molecule has 0 fully saturated rings. The number of ether oxygens (including phenoxy) is 1. The highest BCUT2D eigenvalue weighted by molar-refractivity contribution is 7.99. The molecule has 0 saturated heterocycles. The second-order valence-corrected chi connectivity index (χ2v) is 7.76. The molecule has 1 amide bonds. The largest absolute Gasteiger partial charge is 0.435 e. The molecule has 0 bridgehead atoms. The fraction of sp³-hybridized carbons (Fsp3) is 0.286. The Balaban J connectivity index is 1.69. The molecule has 0 spiro atoms. The number of hydrogen-bond acceptors (Lipinski definition) is 5. The van der Waals surface area contributed by atoms with Crippen molar-refractivity contribution < 1.29 is 18.3 Å². The van der Waals surface area contributed by atoms with Gasteiger partial charge in [-0.15, -0.1) is 10.2 Å². The van der Waals surface area contributed by atoms with Crippen molar-refractivity contribution in [1.82, 2.24) is 14.8 Å². The van der Waals surface area contributed by atoms with Crippen molar-refractivity contribution in [2.24, 2.45) is 0 Å². The number of anilines is 1. The molecule has 0 saturated carbocycles. The Morgan fingerprint density at radius 1 is 1.20 bits per heavy atom. The predicted molar refractivity (Wildman–Crippen MR) is 112 cm³/mol. The summed E-state index contributed by atoms with van der Waals surface area (Å²) < 4.78 is 32.1. The second kappa shape index (κ2) is 10.2. The van der Waals surface area contributed by atoms with E-state index >= 15 is 0 Å². The number of alkyl halides is 2. The third-order valence-corrected chi connectivity index (χ3v) is 5.18. The van der Waals surface area contributed by atoms with Crippen LogP contribution in [0.5, 0.6) is 5.75 Å². The first-order valence-electron chi connectivity index (χ1n) is 9.36. The standard InChI is InChI=1S/C21H22F2N4O2S/c1-14(2)27-13-24-26-21(27)30-12-19(28)25-17-8-9-18(29-20(22)23)16(11-17)10-15-6-4-3-5-7-15/h3-9,11,13-14,20H,10,12H2,1-2H3,(H,25,28). The molecule has 2 aromatic carbocycles. The van der Waals surface area contributed by atoms with E-state index in [1.54, 1.807) is 18.5 Å². The van der Waals surface area contributed by atoms with Crippen LogP contribution in [-0.2, 0) is 11.2 Å². The van der Waals surface area contributed by atoms with Gasteiger partial charge < -0.3 is 14.6 Å². The van der Waals surface area contributed by atoms with Gasteiger partial charge in [0.05, 0.1) is 5.75 Å². The number of nitrogens with zero attached hydrogens (tertiary/aromatic N) is 3. The zero-order valence-corrected chi connectivity index (χ0v) is 17.4. The number of benzene rings is 2. The number of hydrogen-bond donors (Lipinski definition) is 1. The van der Waals surface area contributed by atoms with Crippen LogP contribution in [0, 0.1) is 0 Å². The third kappa shape index (κ3) is 6.03. The predicted octanol–water partition coefficient (Wildman–Crippen LogP) is 4.78. The van der Waals surface area contributed by atoms with Gasteiger partial charge in [-0.2, -0.15) is 8.78 Å². The minimum Gasteiger partial charge on any atom is -0.435 e. The molecule has 0 aliphatic rings. The molecule has 0 atom stereocenters. The topological polar surface area (TPSA) is 69.0 Å². The number of carbonyl (C=O) groups excluding carboxylic acids is 1. The highest BCUT2D eigenvalue weighted by Gasteiger charge is 2.14. The van der Waals surface area contributed by atoms with Crippen LogP contribution in [0.2, 0.25) is 0 Å². The van der Waals surface area contributed by atoms with Crippen LogP contribution in [0.3, 0.4) is 0 Å². The van der Waals surface area contributed by atoms with Crippen molar-refractivity contribution in [3.8, 4) is 5.75 Å². The average molecular weight is 432 g/mol. The van der Waals surface area contributed by atoms with Gasteiger partial charge in [-0.3, -0.25) is 4.79 Å². The van der Waals surface area contributed by atoms with E-state index in [0.29, 0.717) is 22.8 Å². The summed E-state index contributed by atoms with van der Waals surface area (Å²) in [7, 11) is 0. The van der Waals surface area contributed by atoms with Gasteiger partial charge in [-0.1, -0.05) is 42.1 Å². The van der Waals surface area contributed by atoms with Crippen molar-refractivity contribution >= 4 is 23.4 Å². The number of thioether (sulfide) groups is 1. The van der Waals surface area contributed by atoms with E-state index < -0.39 is 6.61 Å². The third-order valence-electron chi connectivity index (χ3n) is 4.23. The zero-order chi connectivity index (χ0) is 21.5. The molecule has 158 valence electrons. The van der Waals surface area contributed by atoms with Gasteiger partial charge in [0.25, 0.3) is 0 Å². The van der Waals surface area contributed by atoms with Crippen LogP contribution in [0.15, 0.2) is 60.0 Å². The molecule has 3 aromatic rings. The lowest BCUT2D eigenvalue weighted by molar-refractivity contribution is -0.113. The van der Waals surface area contributed by atoms with Gasteiger partial charge in [0.2, 0.25) is 5.91 Å². The van der Waals surface area contributed by atoms with Gasteiger partial charge >= 0.3 is 6.61 Å². The average Bonchev–Trinajstić information content (AvgIpc) is 3.18. The highest BCUT2D eigenvalue weighted by atomic mass is 32.2. The van der Waals surface area contributed by atoms with Gasteiger partial charge in [0, 0.05) is 23.7 Å². The Bertz CT molecular complexity index is 980. The van der Waals surface area contributed by atoms with E-state index in [-0.39, 0.29) is 23.5 Å². The molecule has 0 aliphatic heterocycles. The van der Waals surface area contributed by atoms with Crippen molar-refractivity contribution in [3.05, 3.63) is 66.0 Å². The quantitative estimate of drug-likeness (QED) is 0.493. The first kappa shape index (κ1) is 21.8. The molecule has 1 aromatic heterocycles. The summed E-state index contributed by atoms with van der Waals surface area (Å²) >= 11 is 1.28. The zero-order valence-electron chi connectivity index (χ0n) is 16.6.